The molecule has 9 heavy (non-hydrogen) atoms. The summed E-state index contributed by atoms with van der Waals surface area (Å²) in [5, 5.41) is 0. The summed E-state index contributed by atoms with van der Waals surface area (Å²) < 4.78 is 9.54. The van der Waals surface area contributed by atoms with Gasteiger partial charge >= 0.3 is 7.69 Å². The van der Waals surface area contributed by atoms with E-state index in [1.54, 1.807) is 12.2 Å². The predicted octanol–water partition coefficient (Wildman–Crippen LogP) is 0.926. The van der Waals surface area contributed by atoms with Crippen molar-refractivity contribution in [1.82, 2.24) is 0 Å². The maximum Gasteiger partial charge on any atom is 0.488 e. The molecule has 0 atom stereocenters. The van der Waals surface area contributed by atoms with E-state index in [1.807, 2.05) is 0 Å². The van der Waals surface area contributed by atoms with Gasteiger partial charge in [-0.3, -0.25) is 0 Å². The van der Waals surface area contributed by atoms with Crippen LogP contribution in [0.2, 0.25) is 0 Å². The summed E-state index contributed by atoms with van der Waals surface area (Å²) in [5.41, 5.74) is 0. The second-order valence-corrected chi connectivity index (χ2v) is 1.34. The molecule has 2 nitrogen and oxygen atoms in total. The van der Waals surface area contributed by atoms with Gasteiger partial charge in [-0.2, -0.15) is 0 Å². The fourth-order valence-electron chi connectivity index (χ4n) is 0.263. The minimum Gasteiger partial charge on any atom is -0.410 e. The molecule has 0 fully saturated rings. The van der Waals surface area contributed by atoms with Crippen LogP contribution in [0.4, 0.5) is 0 Å². The zero-order chi connectivity index (χ0) is 6.95. The first-order chi connectivity index (χ1) is 4.41. The standard InChI is InChI=1S/C6H10BO2/c1-3-5-8-7-9-6-4-2/h3-4H,1-2,5-6H2. The van der Waals surface area contributed by atoms with Gasteiger partial charge in [-0.05, 0) is 0 Å². The third-order valence-electron chi connectivity index (χ3n) is 0.564. The summed E-state index contributed by atoms with van der Waals surface area (Å²) in [6.07, 6.45) is 3.29. The second kappa shape index (κ2) is 7.46. The van der Waals surface area contributed by atoms with Crippen molar-refractivity contribution in [3.05, 3.63) is 25.3 Å². The number of hydrogen-bond donors (Lipinski definition) is 0. The number of hydrogen-bond acceptors (Lipinski definition) is 2. The first-order valence-corrected chi connectivity index (χ1v) is 2.68. The Bertz CT molecular complexity index is 73.1. The normalized spacial score (nSPS) is 8.44. The molecule has 0 aliphatic carbocycles. The van der Waals surface area contributed by atoms with Crippen LogP contribution in [-0.2, 0) is 9.31 Å². The van der Waals surface area contributed by atoms with Gasteiger partial charge in [0.1, 0.15) is 0 Å². The molecule has 0 aromatic rings. The summed E-state index contributed by atoms with van der Waals surface area (Å²) in [4.78, 5) is 0. The van der Waals surface area contributed by atoms with Gasteiger partial charge in [-0.15, -0.1) is 13.2 Å². The van der Waals surface area contributed by atoms with Crippen molar-refractivity contribution in [1.29, 1.82) is 0 Å². The lowest BCUT2D eigenvalue weighted by atomic mass is 10.4. The summed E-state index contributed by atoms with van der Waals surface area (Å²) in [7, 11) is 1.28. The molecule has 0 N–H and O–H groups in total. The highest BCUT2D eigenvalue weighted by molar-refractivity contribution is 6.17. The maximum atomic E-state index is 4.77. The molecule has 0 rings (SSSR count). The van der Waals surface area contributed by atoms with Crippen molar-refractivity contribution in [2.75, 3.05) is 13.2 Å². The van der Waals surface area contributed by atoms with Gasteiger partial charge in [0, 0.05) is 13.2 Å². The molecule has 0 unspecified atom stereocenters. The van der Waals surface area contributed by atoms with Gasteiger partial charge in [-0.1, -0.05) is 12.2 Å². The highest BCUT2D eigenvalue weighted by Gasteiger charge is 1.87. The smallest absolute Gasteiger partial charge is 0.410 e. The lowest BCUT2D eigenvalue weighted by Gasteiger charge is -1.95. The Hall–Kier alpha value is -0.535. The summed E-state index contributed by atoms with van der Waals surface area (Å²) >= 11 is 0. The highest BCUT2D eigenvalue weighted by Crippen LogP contribution is 1.75. The van der Waals surface area contributed by atoms with Crippen LogP contribution in [0.5, 0.6) is 0 Å². The quantitative estimate of drug-likeness (QED) is 0.298. The first kappa shape index (κ1) is 8.46. The van der Waals surface area contributed by atoms with E-state index in [2.05, 4.69) is 13.2 Å². The molecular formula is C6H10BO2. The Kier molecular flexibility index (Phi) is 7.02. The van der Waals surface area contributed by atoms with Gasteiger partial charge in [-0.25, -0.2) is 0 Å². The summed E-state index contributed by atoms with van der Waals surface area (Å²) in [6, 6.07) is 0. The lowest BCUT2D eigenvalue weighted by molar-refractivity contribution is 0.261. The van der Waals surface area contributed by atoms with E-state index in [-0.39, 0.29) is 0 Å². The zero-order valence-electron chi connectivity index (χ0n) is 5.38. The molecule has 3 heteroatoms. The molecule has 0 spiro atoms. The maximum absolute atomic E-state index is 4.77. The van der Waals surface area contributed by atoms with Crippen LogP contribution >= 0.6 is 0 Å². The van der Waals surface area contributed by atoms with Crippen molar-refractivity contribution in [2.45, 2.75) is 0 Å². The van der Waals surface area contributed by atoms with Gasteiger partial charge in [0.05, 0.1) is 0 Å². The van der Waals surface area contributed by atoms with Gasteiger partial charge in [0.25, 0.3) is 0 Å². The van der Waals surface area contributed by atoms with Gasteiger partial charge in [0.15, 0.2) is 0 Å². The Morgan fingerprint density at radius 1 is 1.11 bits per heavy atom. The molecule has 49 valence electrons. The first-order valence-electron chi connectivity index (χ1n) is 2.68. The zero-order valence-corrected chi connectivity index (χ0v) is 5.38. The largest absolute Gasteiger partial charge is 0.488 e. The molecule has 0 aliphatic heterocycles. The minimum atomic E-state index is 0.483. The van der Waals surface area contributed by atoms with Crippen molar-refractivity contribution in [2.24, 2.45) is 0 Å². The Balaban J connectivity index is 2.74. The SMILES string of the molecule is C=CCO[B]OCC=C. The van der Waals surface area contributed by atoms with E-state index < -0.39 is 0 Å². The fourth-order valence-corrected chi connectivity index (χ4v) is 0.263. The molecule has 0 aromatic carbocycles. The summed E-state index contributed by atoms with van der Waals surface area (Å²) in [6.45, 7) is 7.88. The molecule has 0 bridgehead atoms. The predicted molar refractivity (Wildman–Crippen MR) is 38.1 cm³/mol. The van der Waals surface area contributed by atoms with Crippen molar-refractivity contribution < 1.29 is 9.31 Å². The Labute approximate surface area is 56.5 Å². The fraction of sp³-hybridized carbons (Fsp3) is 0.333. The van der Waals surface area contributed by atoms with Crippen LogP contribution in [0, 0.1) is 0 Å². The Morgan fingerprint density at radius 2 is 1.56 bits per heavy atom. The molecule has 0 saturated heterocycles. The van der Waals surface area contributed by atoms with E-state index in [1.165, 1.54) is 7.69 Å². The van der Waals surface area contributed by atoms with Crippen LogP contribution < -0.4 is 0 Å². The molecule has 0 aromatic heterocycles. The van der Waals surface area contributed by atoms with Crippen LogP contribution in [0.15, 0.2) is 25.3 Å². The third kappa shape index (κ3) is 7.46. The number of rotatable bonds is 6. The Morgan fingerprint density at radius 3 is 1.89 bits per heavy atom. The average molecular weight is 125 g/mol. The van der Waals surface area contributed by atoms with Crippen molar-refractivity contribution >= 4 is 7.69 Å². The molecule has 0 aliphatic rings. The van der Waals surface area contributed by atoms with Crippen LogP contribution in [0.1, 0.15) is 0 Å². The van der Waals surface area contributed by atoms with E-state index in [0.717, 1.165) is 0 Å². The minimum absolute atomic E-state index is 0.483. The second-order valence-electron chi connectivity index (χ2n) is 1.34. The van der Waals surface area contributed by atoms with Gasteiger partial charge < -0.3 is 9.31 Å². The van der Waals surface area contributed by atoms with Crippen molar-refractivity contribution in [3.8, 4) is 0 Å². The molecular weight excluding hydrogens is 115 g/mol. The van der Waals surface area contributed by atoms with E-state index >= 15 is 0 Å². The molecule has 0 amide bonds. The van der Waals surface area contributed by atoms with E-state index in [0.29, 0.717) is 13.2 Å². The topological polar surface area (TPSA) is 18.5 Å². The van der Waals surface area contributed by atoms with Crippen LogP contribution in [0.3, 0.4) is 0 Å². The lowest BCUT2D eigenvalue weighted by Crippen LogP contribution is -2.03. The third-order valence-corrected chi connectivity index (χ3v) is 0.564. The van der Waals surface area contributed by atoms with Crippen LogP contribution in [-0.4, -0.2) is 20.9 Å². The van der Waals surface area contributed by atoms with Crippen LogP contribution in [0.25, 0.3) is 0 Å². The van der Waals surface area contributed by atoms with Crippen molar-refractivity contribution in [3.63, 3.8) is 0 Å². The molecule has 0 saturated carbocycles. The van der Waals surface area contributed by atoms with Gasteiger partial charge in [0.2, 0.25) is 0 Å². The molecule has 1 radical (unpaired) electrons. The monoisotopic (exact) mass is 125 g/mol. The van der Waals surface area contributed by atoms with E-state index in [4.69, 9.17) is 9.31 Å². The molecule has 0 heterocycles. The summed E-state index contributed by atoms with van der Waals surface area (Å²) in [5.74, 6) is 0. The van der Waals surface area contributed by atoms with E-state index in [9.17, 15) is 0 Å². The highest BCUT2D eigenvalue weighted by atomic mass is 16.6. The average Bonchev–Trinajstić information content (AvgIpc) is 1.89.